The first kappa shape index (κ1) is 35.7. The van der Waals surface area contributed by atoms with Crippen LogP contribution in [0, 0.1) is 5.92 Å². The molecule has 3 N–H and O–H groups in total. The number of urea groups is 1. The fraction of sp³-hybridized carbons (Fsp3) is 0.485. The highest BCUT2D eigenvalue weighted by Gasteiger charge is 2.31. The molecule has 3 amide bonds. The number of imidazole rings is 1. The number of likely N-dealkylation sites (N-methyl/N-ethyl adjacent to an activating group) is 1. The summed E-state index contributed by atoms with van der Waals surface area (Å²) in [6.07, 6.45) is 4.38. The van der Waals surface area contributed by atoms with Crippen LogP contribution in [0.25, 0.3) is 0 Å². The van der Waals surface area contributed by atoms with Crippen molar-refractivity contribution in [2.45, 2.75) is 63.3 Å². The van der Waals surface area contributed by atoms with Crippen molar-refractivity contribution in [3.63, 3.8) is 0 Å². The van der Waals surface area contributed by atoms with Crippen molar-refractivity contribution >= 4 is 33.3 Å². The molecule has 1 aliphatic heterocycles. The van der Waals surface area contributed by atoms with Crippen molar-refractivity contribution < 1.29 is 32.6 Å². The van der Waals surface area contributed by atoms with Crippen LogP contribution in [0.15, 0.2) is 66.1 Å². The van der Waals surface area contributed by atoms with E-state index in [1.807, 2.05) is 44.2 Å². The second-order valence-electron chi connectivity index (χ2n) is 12.2. The standard InChI is InChI=1S/C33H46N6O7S/c1-23-18-39(24(2)21-40)32(41)28-17-27(36-47(43,44)31-20-37(4)22-34-31)14-15-29(28)46-25(3)11-9-10-16-45-30(23)19-38(5)33(42)35-26-12-7-6-8-13-26/h6-8,12-15,17,20,22-25,30,36,40H,9-11,16,18-19,21H2,1-5H3,(H,35,42)/t23-,24-,25+,30+/m0/s1. The Balaban J connectivity index is 1.62. The van der Waals surface area contributed by atoms with E-state index in [0.29, 0.717) is 24.5 Å². The van der Waals surface area contributed by atoms with E-state index in [-0.39, 0.29) is 54.0 Å². The summed E-state index contributed by atoms with van der Waals surface area (Å²) in [5.41, 5.74) is 0.992. The summed E-state index contributed by atoms with van der Waals surface area (Å²) in [6.45, 7) is 6.22. The van der Waals surface area contributed by atoms with E-state index in [2.05, 4.69) is 15.0 Å². The zero-order valence-corrected chi connectivity index (χ0v) is 28.4. The van der Waals surface area contributed by atoms with E-state index in [4.69, 9.17) is 9.47 Å². The molecule has 2 heterocycles. The number of amides is 3. The molecule has 0 radical (unpaired) electrons. The Hall–Kier alpha value is -4.14. The number of aliphatic hydroxyl groups is 1. The number of nitrogens with one attached hydrogen (secondary N) is 2. The maximum Gasteiger partial charge on any atom is 0.321 e. The number of carbonyl (C=O) groups excluding carboxylic acids is 2. The van der Waals surface area contributed by atoms with Gasteiger partial charge in [-0.15, -0.1) is 0 Å². The number of ether oxygens (including phenoxy) is 2. The van der Waals surface area contributed by atoms with E-state index < -0.39 is 28.1 Å². The van der Waals surface area contributed by atoms with Gasteiger partial charge < -0.3 is 34.3 Å². The maximum atomic E-state index is 14.3. The minimum absolute atomic E-state index is 0.152. The number of aliphatic hydroxyl groups excluding tert-OH is 1. The highest BCUT2D eigenvalue weighted by molar-refractivity contribution is 7.92. The molecule has 0 fully saturated rings. The van der Waals surface area contributed by atoms with Crippen molar-refractivity contribution in [3.8, 4) is 5.75 Å². The quantitative estimate of drug-likeness (QED) is 0.323. The van der Waals surface area contributed by atoms with E-state index in [1.165, 1.54) is 23.2 Å². The van der Waals surface area contributed by atoms with Gasteiger partial charge in [0.25, 0.3) is 15.9 Å². The van der Waals surface area contributed by atoms with Crippen LogP contribution in [-0.4, -0.2) is 96.4 Å². The largest absolute Gasteiger partial charge is 0.490 e. The summed E-state index contributed by atoms with van der Waals surface area (Å²) in [4.78, 5) is 34.4. The number of hydrogen-bond acceptors (Lipinski definition) is 8. The molecule has 1 aliphatic rings. The molecule has 0 aliphatic carbocycles. The lowest BCUT2D eigenvalue weighted by Gasteiger charge is -2.35. The van der Waals surface area contributed by atoms with Crippen LogP contribution in [-0.2, 0) is 21.8 Å². The van der Waals surface area contributed by atoms with Crippen LogP contribution in [0.2, 0.25) is 0 Å². The number of para-hydroxylation sites is 1. The molecule has 256 valence electrons. The van der Waals surface area contributed by atoms with Gasteiger partial charge in [0.05, 0.1) is 36.7 Å². The van der Waals surface area contributed by atoms with Crippen LogP contribution in [0.4, 0.5) is 16.2 Å². The third-order valence-electron chi connectivity index (χ3n) is 8.09. The van der Waals surface area contributed by atoms with Gasteiger partial charge in [-0.1, -0.05) is 25.1 Å². The zero-order valence-electron chi connectivity index (χ0n) is 27.6. The molecule has 2 aromatic carbocycles. The van der Waals surface area contributed by atoms with E-state index in [1.54, 1.807) is 43.0 Å². The summed E-state index contributed by atoms with van der Waals surface area (Å²) < 4.78 is 42.7. The van der Waals surface area contributed by atoms with Crippen LogP contribution in [0.5, 0.6) is 5.75 Å². The Morgan fingerprint density at radius 1 is 1.15 bits per heavy atom. The Bertz CT molecular complexity index is 1600. The molecule has 0 unspecified atom stereocenters. The lowest BCUT2D eigenvalue weighted by Crippen LogP contribution is -2.48. The fourth-order valence-electron chi connectivity index (χ4n) is 5.28. The van der Waals surface area contributed by atoms with Gasteiger partial charge in [0.15, 0.2) is 5.03 Å². The molecule has 13 nitrogen and oxygen atoms in total. The van der Waals surface area contributed by atoms with Gasteiger partial charge in [0.2, 0.25) is 0 Å². The average molecular weight is 671 g/mol. The summed E-state index contributed by atoms with van der Waals surface area (Å²) >= 11 is 0. The SMILES string of the molecule is C[C@@H]1CCCCO[C@H](CN(C)C(=O)Nc2ccccc2)[C@@H](C)CN([C@@H](C)CO)C(=O)c2cc(NS(=O)(=O)c3cn(C)cn3)ccc2O1. The normalized spacial score (nSPS) is 20.3. The number of aryl methyl sites for hydroxylation is 1. The number of sulfonamides is 1. The predicted octanol–water partition coefficient (Wildman–Crippen LogP) is 4.18. The average Bonchev–Trinajstić information content (AvgIpc) is 3.50. The molecular formula is C33H46N6O7S. The summed E-state index contributed by atoms with van der Waals surface area (Å²) in [5.74, 6) is -0.379. The Kier molecular flexibility index (Phi) is 12.2. The smallest absolute Gasteiger partial charge is 0.321 e. The lowest BCUT2D eigenvalue weighted by molar-refractivity contribution is -0.0115. The number of rotatable bonds is 8. The molecule has 0 bridgehead atoms. The zero-order chi connectivity index (χ0) is 34.1. The van der Waals surface area contributed by atoms with E-state index in [0.717, 1.165) is 12.8 Å². The first-order valence-corrected chi connectivity index (χ1v) is 17.3. The predicted molar refractivity (Wildman–Crippen MR) is 179 cm³/mol. The van der Waals surface area contributed by atoms with Gasteiger partial charge >= 0.3 is 6.03 Å². The van der Waals surface area contributed by atoms with Crippen LogP contribution >= 0.6 is 0 Å². The third kappa shape index (κ3) is 9.69. The first-order valence-electron chi connectivity index (χ1n) is 15.8. The van der Waals surface area contributed by atoms with E-state index >= 15 is 0 Å². The van der Waals surface area contributed by atoms with Crippen molar-refractivity contribution in [1.29, 1.82) is 0 Å². The number of aromatic nitrogens is 2. The number of anilines is 2. The van der Waals surface area contributed by atoms with Crippen LogP contribution < -0.4 is 14.8 Å². The van der Waals surface area contributed by atoms with Crippen molar-refractivity contribution in [3.05, 3.63) is 66.6 Å². The molecule has 4 atom stereocenters. The van der Waals surface area contributed by atoms with Crippen molar-refractivity contribution in [1.82, 2.24) is 19.4 Å². The topological polar surface area (TPSA) is 155 Å². The number of nitrogens with zero attached hydrogens (tertiary/aromatic N) is 4. The number of benzene rings is 2. The molecule has 4 rings (SSSR count). The van der Waals surface area contributed by atoms with Crippen molar-refractivity contribution in [2.75, 3.05) is 43.4 Å². The Morgan fingerprint density at radius 3 is 2.57 bits per heavy atom. The molecule has 0 saturated heterocycles. The lowest BCUT2D eigenvalue weighted by atomic mass is 10.0. The van der Waals surface area contributed by atoms with E-state index in [9.17, 15) is 23.1 Å². The molecule has 47 heavy (non-hydrogen) atoms. The van der Waals surface area contributed by atoms with Gasteiger partial charge in [-0.3, -0.25) is 9.52 Å². The molecule has 0 spiro atoms. The second-order valence-corrected chi connectivity index (χ2v) is 13.8. The molecular weight excluding hydrogens is 624 g/mol. The van der Waals surface area contributed by atoms with Gasteiger partial charge in [-0.25, -0.2) is 9.78 Å². The van der Waals surface area contributed by atoms with Crippen LogP contribution in [0.1, 0.15) is 50.4 Å². The number of carbonyl (C=O) groups is 2. The van der Waals surface area contributed by atoms with Gasteiger partial charge in [0.1, 0.15) is 5.75 Å². The minimum Gasteiger partial charge on any atom is -0.490 e. The Morgan fingerprint density at radius 2 is 1.89 bits per heavy atom. The summed E-state index contributed by atoms with van der Waals surface area (Å²) in [6, 6.07) is 12.9. The molecule has 1 aromatic heterocycles. The first-order chi connectivity index (χ1) is 22.4. The summed E-state index contributed by atoms with van der Waals surface area (Å²) in [5, 5.41) is 12.9. The van der Waals surface area contributed by atoms with Gasteiger partial charge in [-0.2, -0.15) is 8.42 Å². The molecule has 14 heteroatoms. The fourth-order valence-corrected chi connectivity index (χ4v) is 6.31. The molecule has 0 saturated carbocycles. The summed E-state index contributed by atoms with van der Waals surface area (Å²) in [7, 11) is -0.664. The monoisotopic (exact) mass is 670 g/mol. The van der Waals surface area contributed by atoms with Gasteiger partial charge in [0, 0.05) is 57.3 Å². The van der Waals surface area contributed by atoms with Gasteiger partial charge in [-0.05, 0) is 63.4 Å². The Labute approximate surface area is 276 Å². The second kappa shape index (κ2) is 16.1. The van der Waals surface area contributed by atoms with Crippen molar-refractivity contribution in [2.24, 2.45) is 13.0 Å². The molecule has 3 aromatic rings. The highest BCUT2D eigenvalue weighted by atomic mass is 32.2. The number of fused-ring (bicyclic) bond motifs is 1. The third-order valence-corrected chi connectivity index (χ3v) is 9.35. The highest BCUT2D eigenvalue weighted by Crippen LogP contribution is 2.29. The number of hydrogen-bond donors (Lipinski definition) is 3. The van der Waals surface area contributed by atoms with Crippen LogP contribution in [0.3, 0.4) is 0 Å². The maximum absolute atomic E-state index is 14.3. The minimum atomic E-state index is -4.03.